The van der Waals surface area contributed by atoms with Crippen LogP contribution in [0.3, 0.4) is 0 Å². The van der Waals surface area contributed by atoms with Crippen molar-refractivity contribution in [2.75, 3.05) is 10.7 Å². The molecule has 7 nitrogen and oxygen atoms in total. The first-order valence-electron chi connectivity index (χ1n) is 9.43. The molecule has 0 bridgehead atoms. The summed E-state index contributed by atoms with van der Waals surface area (Å²) < 4.78 is 6.38. The molecular formula is C21H21N5O2S2. The number of carbonyl (C=O) groups is 1. The Labute approximate surface area is 183 Å². The third-order valence-corrected chi connectivity index (χ3v) is 7.16. The van der Waals surface area contributed by atoms with Gasteiger partial charge in [0.15, 0.2) is 10.1 Å². The zero-order valence-corrected chi connectivity index (χ0v) is 18.3. The van der Waals surface area contributed by atoms with E-state index in [2.05, 4.69) is 36.7 Å². The second kappa shape index (κ2) is 7.78. The molecule has 2 aromatic rings. The van der Waals surface area contributed by atoms with E-state index < -0.39 is 5.92 Å². The summed E-state index contributed by atoms with van der Waals surface area (Å²) in [4.78, 5) is 15.0. The first kappa shape index (κ1) is 20.4. The zero-order valence-electron chi connectivity index (χ0n) is 16.7. The Kier molecular flexibility index (Phi) is 5.30. The van der Waals surface area contributed by atoms with Crippen LogP contribution < -0.4 is 10.6 Å². The number of thioether (sulfide) groups is 1. The summed E-state index contributed by atoms with van der Waals surface area (Å²) in [6.07, 6.45) is 4.36. The molecule has 30 heavy (non-hydrogen) atoms. The molecule has 0 saturated heterocycles. The standard InChI is InChI=1S/C21H21N5O2S2/c1-4-8-29-20-25-24-19(30-20)26-13-9-21(2,3)10-14(27)17(13)16(12(11-22)18(26)23)15-6-5-7-28-15/h4-7,16H,1,8-10,23H2,2-3H3. The fourth-order valence-corrected chi connectivity index (χ4v) is 5.59. The lowest BCUT2D eigenvalue weighted by Gasteiger charge is -2.42. The van der Waals surface area contributed by atoms with E-state index in [9.17, 15) is 10.1 Å². The summed E-state index contributed by atoms with van der Waals surface area (Å²) in [5, 5.41) is 19.0. The maximum Gasteiger partial charge on any atom is 0.219 e. The summed E-state index contributed by atoms with van der Waals surface area (Å²) in [5.74, 6) is 0.901. The van der Waals surface area contributed by atoms with Crippen molar-refractivity contribution >= 4 is 34.0 Å². The number of carbonyl (C=O) groups excluding carboxylic acids is 1. The molecule has 4 rings (SSSR count). The maximum atomic E-state index is 13.3. The Bertz CT molecular complexity index is 1100. The van der Waals surface area contributed by atoms with Gasteiger partial charge >= 0.3 is 0 Å². The number of allylic oxidation sites excluding steroid dienone is 3. The van der Waals surface area contributed by atoms with Crippen LogP contribution in [0, 0.1) is 16.7 Å². The van der Waals surface area contributed by atoms with Gasteiger partial charge in [-0.05, 0) is 24.0 Å². The van der Waals surface area contributed by atoms with E-state index in [4.69, 9.17) is 10.2 Å². The second-order valence-electron chi connectivity index (χ2n) is 7.95. The number of aromatic nitrogens is 2. The fraction of sp³-hybridized carbons (Fsp3) is 0.333. The Morgan fingerprint density at radius 1 is 1.50 bits per heavy atom. The van der Waals surface area contributed by atoms with E-state index >= 15 is 0 Å². The summed E-state index contributed by atoms with van der Waals surface area (Å²) in [7, 11) is 0. The summed E-state index contributed by atoms with van der Waals surface area (Å²) in [6.45, 7) is 7.84. The maximum absolute atomic E-state index is 13.3. The SMILES string of the molecule is C=CCSc1nnc(N2C(N)=C(C#N)C(c3ccco3)C3=C2CC(C)(C)CC3=O)s1. The van der Waals surface area contributed by atoms with Crippen molar-refractivity contribution in [3.8, 4) is 6.07 Å². The number of nitrogens with zero attached hydrogens (tertiary/aromatic N) is 4. The van der Waals surface area contributed by atoms with Crippen molar-refractivity contribution in [2.24, 2.45) is 11.1 Å². The van der Waals surface area contributed by atoms with Crippen LogP contribution in [-0.4, -0.2) is 21.7 Å². The lowest BCUT2D eigenvalue weighted by Crippen LogP contribution is -2.42. The van der Waals surface area contributed by atoms with Gasteiger partial charge in [0.05, 0.1) is 23.8 Å². The van der Waals surface area contributed by atoms with Crippen LogP contribution in [-0.2, 0) is 4.79 Å². The zero-order chi connectivity index (χ0) is 21.5. The van der Waals surface area contributed by atoms with Crippen LogP contribution in [0.1, 0.15) is 38.4 Å². The number of hydrogen-bond donors (Lipinski definition) is 1. The van der Waals surface area contributed by atoms with Crippen molar-refractivity contribution in [1.82, 2.24) is 10.2 Å². The fourth-order valence-electron chi connectivity index (χ4n) is 3.95. The van der Waals surface area contributed by atoms with Gasteiger partial charge in [-0.25, -0.2) is 0 Å². The molecule has 3 heterocycles. The number of ketones is 1. The van der Waals surface area contributed by atoms with E-state index in [1.54, 1.807) is 23.1 Å². The predicted molar refractivity (Wildman–Crippen MR) is 117 cm³/mol. The van der Waals surface area contributed by atoms with Gasteiger partial charge in [0, 0.05) is 23.4 Å². The van der Waals surface area contributed by atoms with E-state index in [0.29, 0.717) is 35.1 Å². The molecule has 0 fully saturated rings. The van der Waals surface area contributed by atoms with Crippen molar-refractivity contribution in [3.63, 3.8) is 0 Å². The van der Waals surface area contributed by atoms with Gasteiger partial charge < -0.3 is 10.2 Å². The smallest absolute Gasteiger partial charge is 0.219 e. The van der Waals surface area contributed by atoms with Gasteiger partial charge in [-0.15, -0.1) is 16.8 Å². The molecule has 0 radical (unpaired) electrons. The molecule has 1 aliphatic carbocycles. The van der Waals surface area contributed by atoms with Gasteiger partial charge in [0.2, 0.25) is 5.13 Å². The molecule has 154 valence electrons. The number of nitriles is 1. The number of rotatable bonds is 5. The van der Waals surface area contributed by atoms with Gasteiger partial charge in [0.25, 0.3) is 0 Å². The van der Waals surface area contributed by atoms with Crippen LogP contribution in [0.25, 0.3) is 0 Å². The van der Waals surface area contributed by atoms with Crippen LogP contribution in [0.5, 0.6) is 0 Å². The molecule has 0 spiro atoms. The van der Waals surface area contributed by atoms with Crippen molar-refractivity contribution in [2.45, 2.75) is 36.9 Å². The van der Waals surface area contributed by atoms with Crippen LogP contribution in [0.2, 0.25) is 0 Å². The normalized spacial score (nSPS) is 20.9. The average Bonchev–Trinajstić information content (AvgIpc) is 3.36. The Morgan fingerprint density at radius 3 is 2.97 bits per heavy atom. The van der Waals surface area contributed by atoms with Gasteiger partial charge in [-0.1, -0.05) is 43.0 Å². The molecule has 2 aromatic heterocycles. The highest BCUT2D eigenvalue weighted by Gasteiger charge is 2.46. The molecule has 1 unspecified atom stereocenters. The molecule has 2 N–H and O–H groups in total. The first-order valence-corrected chi connectivity index (χ1v) is 11.2. The van der Waals surface area contributed by atoms with Crippen LogP contribution in [0.4, 0.5) is 5.13 Å². The molecule has 1 aliphatic heterocycles. The molecule has 2 aliphatic rings. The molecule has 1 atom stereocenters. The quantitative estimate of drug-likeness (QED) is 0.541. The summed E-state index contributed by atoms with van der Waals surface area (Å²) in [6, 6.07) is 5.74. The second-order valence-corrected chi connectivity index (χ2v) is 10.2. The first-order chi connectivity index (χ1) is 14.4. The average molecular weight is 440 g/mol. The highest BCUT2D eigenvalue weighted by molar-refractivity contribution is 8.01. The summed E-state index contributed by atoms with van der Waals surface area (Å²) in [5.41, 5.74) is 7.90. The Balaban J connectivity index is 1.90. The van der Waals surface area contributed by atoms with Crippen molar-refractivity contribution in [3.05, 3.63) is 59.5 Å². The minimum atomic E-state index is -0.609. The van der Waals surface area contributed by atoms with Crippen LogP contribution >= 0.6 is 23.1 Å². The lowest BCUT2D eigenvalue weighted by molar-refractivity contribution is -0.118. The van der Waals surface area contributed by atoms with Crippen molar-refractivity contribution < 1.29 is 9.21 Å². The highest BCUT2D eigenvalue weighted by atomic mass is 32.2. The molecule has 0 amide bonds. The van der Waals surface area contributed by atoms with E-state index in [1.807, 2.05) is 0 Å². The van der Waals surface area contributed by atoms with Gasteiger partial charge in [-0.3, -0.25) is 9.69 Å². The third kappa shape index (κ3) is 3.46. The molecule has 0 aromatic carbocycles. The molecule has 9 heteroatoms. The number of nitrogens with two attached hydrogens (primary N) is 1. The number of furan rings is 1. The van der Waals surface area contributed by atoms with E-state index in [-0.39, 0.29) is 22.6 Å². The molecular weight excluding hydrogens is 418 g/mol. The largest absolute Gasteiger partial charge is 0.468 e. The lowest BCUT2D eigenvalue weighted by atomic mass is 9.69. The number of anilines is 1. The minimum Gasteiger partial charge on any atom is -0.468 e. The number of Topliss-reactive ketones (excluding diaryl/α,β-unsaturated/α-hetero) is 1. The highest BCUT2D eigenvalue weighted by Crippen LogP contribution is 2.50. The Morgan fingerprint density at radius 2 is 2.30 bits per heavy atom. The van der Waals surface area contributed by atoms with Gasteiger partial charge in [-0.2, -0.15) is 5.26 Å². The monoisotopic (exact) mass is 439 g/mol. The van der Waals surface area contributed by atoms with E-state index in [1.165, 1.54) is 29.4 Å². The Hall–Kier alpha value is -2.83. The predicted octanol–water partition coefficient (Wildman–Crippen LogP) is 4.35. The number of hydrogen-bond acceptors (Lipinski definition) is 9. The summed E-state index contributed by atoms with van der Waals surface area (Å²) >= 11 is 2.90. The molecule has 0 saturated carbocycles. The third-order valence-electron chi connectivity index (χ3n) is 5.12. The van der Waals surface area contributed by atoms with E-state index in [0.717, 1.165) is 10.0 Å². The van der Waals surface area contributed by atoms with Gasteiger partial charge in [0.1, 0.15) is 11.6 Å². The minimum absolute atomic E-state index is 0.00123. The topological polar surface area (TPSA) is 109 Å². The van der Waals surface area contributed by atoms with Crippen LogP contribution in [0.15, 0.2) is 62.5 Å². The van der Waals surface area contributed by atoms with Crippen molar-refractivity contribution in [1.29, 1.82) is 5.26 Å².